The molecule has 0 aliphatic heterocycles. The fourth-order valence-corrected chi connectivity index (χ4v) is 4.19. The molecule has 0 radical (unpaired) electrons. The molecule has 3 aromatic rings. The van der Waals surface area contributed by atoms with Gasteiger partial charge in [-0.2, -0.15) is 4.98 Å². The van der Waals surface area contributed by atoms with E-state index in [4.69, 9.17) is 9.88 Å². The molecule has 0 spiro atoms. The number of aromatic nitrogens is 4. The quantitative estimate of drug-likeness (QED) is 0.633. The Morgan fingerprint density at radius 1 is 1.21 bits per heavy atom. The number of fused-ring (bicyclic) bond motifs is 1. The van der Waals surface area contributed by atoms with Gasteiger partial charge in [0.2, 0.25) is 10.0 Å². The average Bonchev–Trinajstić information content (AvgIpc) is 3.34. The van der Waals surface area contributed by atoms with Crippen LogP contribution in [-0.2, 0) is 16.6 Å². The third-order valence-corrected chi connectivity index (χ3v) is 6.07. The smallest absolute Gasteiger partial charge is 0.306 e. The highest BCUT2D eigenvalue weighted by Gasteiger charge is 2.23. The zero-order valence-corrected chi connectivity index (χ0v) is 16.9. The van der Waals surface area contributed by atoms with E-state index in [2.05, 4.69) is 15.0 Å². The topological polar surface area (TPSA) is 133 Å². The Labute approximate surface area is 168 Å². The van der Waals surface area contributed by atoms with Crippen LogP contribution in [0.15, 0.2) is 34.0 Å². The molecule has 0 unspecified atom stereocenters. The first-order valence-corrected chi connectivity index (χ1v) is 11.2. The number of rotatable bonds is 6. The highest BCUT2D eigenvalue weighted by Crippen LogP contribution is 2.33. The van der Waals surface area contributed by atoms with Crippen molar-refractivity contribution in [1.82, 2.24) is 19.5 Å². The lowest BCUT2D eigenvalue weighted by molar-refractivity contribution is 0.398. The van der Waals surface area contributed by atoms with Gasteiger partial charge in [0, 0.05) is 12.5 Å². The van der Waals surface area contributed by atoms with Crippen molar-refractivity contribution in [3.63, 3.8) is 0 Å². The van der Waals surface area contributed by atoms with E-state index in [0.29, 0.717) is 29.4 Å². The Hall–Kier alpha value is -2.72. The standard InChI is InChI=1S/C19H23N5O4S/c1-2-11-24-18(25)15-17(22-16(21-15)12-5-3-4-6-12)23-19(24)28-13-7-9-14(10-8-13)29(20,26)27/h7-10,12H,2-6,11H2,1H3,(H,21,22)(H2,20,26,27). The Morgan fingerprint density at radius 2 is 1.90 bits per heavy atom. The first kappa shape index (κ1) is 19.6. The maximum Gasteiger partial charge on any atom is 0.306 e. The van der Waals surface area contributed by atoms with Gasteiger partial charge in [0.05, 0.1) is 4.90 Å². The lowest BCUT2D eigenvalue weighted by Gasteiger charge is -2.11. The van der Waals surface area contributed by atoms with Crippen LogP contribution in [0, 0.1) is 0 Å². The second-order valence-electron chi connectivity index (χ2n) is 7.27. The summed E-state index contributed by atoms with van der Waals surface area (Å²) in [6.45, 7) is 2.39. The number of benzene rings is 1. The number of nitrogens with two attached hydrogens (primary N) is 1. The van der Waals surface area contributed by atoms with Gasteiger partial charge in [-0.15, -0.1) is 0 Å². The number of hydrogen-bond acceptors (Lipinski definition) is 6. The van der Waals surface area contributed by atoms with Crippen molar-refractivity contribution < 1.29 is 13.2 Å². The molecule has 4 rings (SSSR count). The molecular weight excluding hydrogens is 394 g/mol. The number of ether oxygens (including phenoxy) is 1. The molecule has 2 heterocycles. The lowest BCUT2D eigenvalue weighted by Crippen LogP contribution is -2.23. The van der Waals surface area contributed by atoms with E-state index in [1.807, 2.05) is 6.92 Å². The number of H-pyrrole nitrogens is 1. The van der Waals surface area contributed by atoms with Gasteiger partial charge in [-0.25, -0.2) is 18.5 Å². The summed E-state index contributed by atoms with van der Waals surface area (Å²) in [6.07, 6.45) is 5.17. The maximum absolute atomic E-state index is 13.0. The highest BCUT2D eigenvalue weighted by molar-refractivity contribution is 7.89. The number of nitrogens with zero attached hydrogens (tertiary/aromatic N) is 3. The molecule has 0 saturated heterocycles. The summed E-state index contributed by atoms with van der Waals surface area (Å²) in [5.41, 5.74) is 0.488. The van der Waals surface area contributed by atoms with Crippen LogP contribution in [0.1, 0.15) is 50.8 Å². The van der Waals surface area contributed by atoms with Crippen LogP contribution in [0.25, 0.3) is 11.2 Å². The molecule has 10 heteroatoms. The highest BCUT2D eigenvalue weighted by atomic mass is 32.2. The van der Waals surface area contributed by atoms with Gasteiger partial charge < -0.3 is 9.72 Å². The van der Waals surface area contributed by atoms with Crippen LogP contribution in [-0.4, -0.2) is 27.9 Å². The minimum absolute atomic E-state index is 0.0206. The molecule has 29 heavy (non-hydrogen) atoms. The summed E-state index contributed by atoms with van der Waals surface area (Å²) in [6, 6.07) is 5.76. The predicted octanol–water partition coefficient (Wildman–Crippen LogP) is 2.63. The summed E-state index contributed by atoms with van der Waals surface area (Å²) < 4.78 is 30.1. The third-order valence-electron chi connectivity index (χ3n) is 5.14. The van der Waals surface area contributed by atoms with E-state index in [9.17, 15) is 13.2 Å². The van der Waals surface area contributed by atoms with Crippen LogP contribution >= 0.6 is 0 Å². The molecule has 1 fully saturated rings. The number of sulfonamides is 1. The minimum atomic E-state index is -3.79. The van der Waals surface area contributed by atoms with Crippen molar-refractivity contribution in [3.05, 3.63) is 40.4 Å². The van der Waals surface area contributed by atoms with Crippen LogP contribution in [0.2, 0.25) is 0 Å². The molecule has 3 N–H and O–H groups in total. The zero-order valence-electron chi connectivity index (χ0n) is 16.1. The largest absolute Gasteiger partial charge is 0.425 e. The summed E-state index contributed by atoms with van der Waals surface area (Å²) in [4.78, 5) is 25.2. The normalized spacial score (nSPS) is 15.2. The van der Waals surface area contributed by atoms with E-state index < -0.39 is 10.0 Å². The molecule has 1 aromatic carbocycles. The van der Waals surface area contributed by atoms with E-state index in [1.54, 1.807) is 0 Å². The number of nitrogens with one attached hydrogen (secondary N) is 1. The van der Waals surface area contributed by atoms with Crippen LogP contribution in [0.5, 0.6) is 11.8 Å². The molecule has 1 saturated carbocycles. The maximum atomic E-state index is 13.0. The van der Waals surface area contributed by atoms with Crippen molar-refractivity contribution in [2.24, 2.45) is 5.14 Å². The molecular formula is C19H23N5O4S. The lowest BCUT2D eigenvalue weighted by atomic mass is 10.1. The Morgan fingerprint density at radius 3 is 2.52 bits per heavy atom. The Bertz CT molecular complexity index is 1190. The molecule has 0 amide bonds. The zero-order chi connectivity index (χ0) is 20.6. The fraction of sp³-hybridized carbons (Fsp3) is 0.421. The van der Waals surface area contributed by atoms with Crippen LogP contribution in [0.3, 0.4) is 0 Å². The van der Waals surface area contributed by atoms with E-state index in [1.165, 1.54) is 28.8 Å². The number of hydrogen-bond donors (Lipinski definition) is 2. The number of imidazole rings is 1. The molecule has 1 aliphatic carbocycles. The number of aromatic amines is 1. The second kappa shape index (κ2) is 7.60. The van der Waals surface area contributed by atoms with E-state index >= 15 is 0 Å². The van der Waals surface area contributed by atoms with E-state index in [-0.39, 0.29) is 16.5 Å². The average molecular weight is 417 g/mol. The van der Waals surface area contributed by atoms with Crippen LogP contribution in [0.4, 0.5) is 0 Å². The third kappa shape index (κ3) is 3.90. The van der Waals surface area contributed by atoms with Crippen molar-refractivity contribution in [3.8, 4) is 11.8 Å². The fourth-order valence-electron chi connectivity index (χ4n) is 3.68. The van der Waals surface area contributed by atoms with Gasteiger partial charge in [-0.3, -0.25) is 9.36 Å². The van der Waals surface area contributed by atoms with E-state index in [0.717, 1.165) is 37.9 Å². The summed E-state index contributed by atoms with van der Waals surface area (Å²) in [5.74, 6) is 1.48. The molecule has 0 bridgehead atoms. The Kier molecular flexibility index (Phi) is 5.13. The predicted molar refractivity (Wildman–Crippen MR) is 108 cm³/mol. The van der Waals surface area contributed by atoms with Gasteiger partial charge in [-0.1, -0.05) is 19.8 Å². The van der Waals surface area contributed by atoms with Gasteiger partial charge in [0.25, 0.3) is 5.56 Å². The van der Waals surface area contributed by atoms with Gasteiger partial charge in [0.15, 0.2) is 11.2 Å². The van der Waals surface area contributed by atoms with Crippen molar-refractivity contribution in [2.45, 2.75) is 56.4 Å². The van der Waals surface area contributed by atoms with Crippen molar-refractivity contribution >= 4 is 21.2 Å². The van der Waals surface area contributed by atoms with Crippen LogP contribution < -0.4 is 15.4 Å². The molecule has 154 valence electrons. The summed E-state index contributed by atoms with van der Waals surface area (Å²) in [7, 11) is -3.79. The number of primary sulfonamides is 1. The van der Waals surface area contributed by atoms with Gasteiger partial charge in [0.1, 0.15) is 11.6 Å². The first-order valence-electron chi connectivity index (χ1n) is 9.68. The van der Waals surface area contributed by atoms with Crippen molar-refractivity contribution in [1.29, 1.82) is 0 Å². The molecule has 1 aliphatic rings. The van der Waals surface area contributed by atoms with Crippen molar-refractivity contribution in [2.75, 3.05) is 0 Å². The Balaban J connectivity index is 1.74. The monoisotopic (exact) mass is 417 g/mol. The summed E-state index contributed by atoms with van der Waals surface area (Å²) >= 11 is 0. The molecule has 0 atom stereocenters. The van der Waals surface area contributed by atoms with Gasteiger partial charge >= 0.3 is 6.01 Å². The van der Waals surface area contributed by atoms with Gasteiger partial charge in [-0.05, 0) is 43.5 Å². The SMILES string of the molecule is CCCn1c(Oc2ccc(S(N)(=O)=O)cc2)nc2nc(C3CCCC3)[nH]c2c1=O. The second-order valence-corrected chi connectivity index (χ2v) is 8.83. The minimum Gasteiger partial charge on any atom is -0.425 e. The molecule has 2 aromatic heterocycles. The molecule has 9 nitrogen and oxygen atoms in total. The summed E-state index contributed by atoms with van der Waals surface area (Å²) in [5, 5.41) is 5.12. The first-order chi connectivity index (χ1) is 13.9.